The average molecular weight is 236 g/mol. The molecule has 1 aliphatic rings. The Morgan fingerprint density at radius 2 is 1.88 bits per heavy atom. The smallest absolute Gasteiger partial charge is 0.106 e. The Morgan fingerprint density at radius 1 is 1.12 bits per heavy atom. The van der Waals surface area contributed by atoms with E-state index in [9.17, 15) is 0 Å². The van der Waals surface area contributed by atoms with Gasteiger partial charge in [0, 0.05) is 18.8 Å². The van der Waals surface area contributed by atoms with Gasteiger partial charge in [-0.25, -0.2) is 4.98 Å². The number of nitrogens with zero attached hydrogens (tertiary/aromatic N) is 2. The van der Waals surface area contributed by atoms with Crippen LogP contribution < -0.4 is 0 Å². The highest BCUT2D eigenvalue weighted by Crippen LogP contribution is 2.22. The summed E-state index contributed by atoms with van der Waals surface area (Å²) in [6.45, 7) is 3.57. The fraction of sp³-hybridized carbons (Fsp3) is 0.786. The van der Waals surface area contributed by atoms with Gasteiger partial charge >= 0.3 is 0 Å². The van der Waals surface area contributed by atoms with E-state index in [1.807, 2.05) is 0 Å². The summed E-state index contributed by atoms with van der Waals surface area (Å²) in [4.78, 5) is 4.69. The Kier molecular flexibility index (Phi) is 4.60. The lowest BCUT2D eigenvalue weighted by Gasteiger charge is -2.14. The van der Waals surface area contributed by atoms with Crippen LogP contribution in [0.15, 0.2) is 0 Å². The highest BCUT2D eigenvalue weighted by Gasteiger charge is 2.17. The van der Waals surface area contributed by atoms with Crippen molar-refractivity contribution in [1.29, 1.82) is 0 Å². The standard InChI is InChI=1S/C14H24N2O/c1-12-15-13-8-4-5-9-14(13)16(12)10-6-2-3-7-11-17/h17H,2-11H2,1H3. The quantitative estimate of drug-likeness (QED) is 0.771. The molecule has 3 nitrogen and oxygen atoms in total. The number of aliphatic hydroxyl groups excluding tert-OH is 1. The molecule has 0 bridgehead atoms. The third kappa shape index (κ3) is 3.09. The van der Waals surface area contributed by atoms with Gasteiger partial charge < -0.3 is 9.67 Å². The fourth-order valence-corrected chi connectivity index (χ4v) is 2.77. The van der Waals surface area contributed by atoms with Crippen molar-refractivity contribution in [2.45, 2.75) is 64.8 Å². The molecule has 0 radical (unpaired) electrons. The first kappa shape index (κ1) is 12.6. The summed E-state index contributed by atoms with van der Waals surface area (Å²) in [6.07, 6.45) is 9.53. The van der Waals surface area contributed by atoms with E-state index in [1.165, 1.54) is 55.7 Å². The van der Waals surface area contributed by atoms with Crippen LogP contribution in [0.3, 0.4) is 0 Å². The Hall–Kier alpha value is -0.830. The summed E-state index contributed by atoms with van der Waals surface area (Å²) < 4.78 is 2.42. The maximum absolute atomic E-state index is 8.74. The second kappa shape index (κ2) is 6.20. The molecule has 2 rings (SSSR count). The molecule has 0 unspecified atom stereocenters. The highest BCUT2D eigenvalue weighted by atomic mass is 16.2. The van der Waals surface area contributed by atoms with Gasteiger partial charge in [-0.3, -0.25) is 0 Å². The van der Waals surface area contributed by atoms with Crippen molar-refractivity contribution >= 4 is 0 Å². The molecule has 3 heteroatoms. The van der Waals surface area contributed by atoms with Crippen molar-refractivity contribution < 1.29 is 5.11 Å². The Morgan fingerprint density at radius 3 is 2.71 bits per heavy atom. The maximum atomic E-state index is 8.74. The van der Waals surface area contributed by atoms with Crippen molar-refractivity contribution in [3.05, 3.63) is 17.2 Å². The highest BCUT2D eigenvalue weighted by molar-refractivity contribution is 5.19. The van der Waals surface area contributed by atoms with E-state index >= 15 is 0 Å². The zero-order valence-corrected chi connectivity index (χ0v) is 10.9. The van der Waals surface area contributed by atoms with Gasteiger partial charge in [-0.15, -0.1) is 0 Å². The summed E-state index contributed by atoms with van der Waals surface area (Å²) >= 11 is 0. The van der Waals surface area contributed by atoms with Crippen molar-refractivity contribution in [2.75, 3.05) is 6.61 Å². The van der Waals surface area contributed by atoms with Gasteiger partial charge in [0.1, 0.15) is 5.82 Å². The normalized spacial score (nSPS) is 14.9. The van der Waals surface area contributed by atoms with Crippen LogP contribution in [0.1, 0.15) is 55.7 Å². The number of hydrogen-bond donors (Lipinski definition) is 1. The Labute approximate surface area is 104 Å². The minimum absolute atomic E-state index is 0.333. The predicted molar refractivity (Wildman–Crippen MR) is 69.2 cm³/mol. The molecule has 0 spiro atoms. The zero-order chi connectivity index (χ0) is 12.1. The van der Waals surface area contributed by atoms with Gasteiger partial charge in [-0.05, 0) is 45.4 Å². The van der Waals surface area contributed by atoms with Crippen LogP contribution in [-0.4, -0.2) is 21.3 Å². The first-order valence-corrected chi connectivity index (χ1v) is 6.98. The number of imidazole rings is 1. The second-order valence-corrected chi connectivity index (χ2v) is 5.05. The topological polar surface area (TPSA) is 38.0 Å². The van der Waals surface area contributed by atoms with Crippen molar-refractivity contribution in [2.24, 2.45) is 0 Å². The summed E-state index contributed by atoms with van der Waals surface area (Å²) in [5, 5.41) is 8.74. The van der Waals surface area contributed by atoms with E-state index in [2.05, 4.69) is 16.5 Å². The lowest BCUT2D eigenvalue weighted by molar-refractivity contribution is 0.282. The van der Waals surface area contributed by atoms with Crippen LogP contribution in [0.2, 0.25) is 0 Å². The maximum Gasteiger partial charge on any atom is 0.106 e. The van der Waals surface area contributed by atoms with Crippen LogP contribution in [0.4, 0.5) is 0 Å². The number of unbranched alkanes of at least 4 members (excludes halogenated alkanes) is 3. The van der Waals surface area contributed by atoms with Crippen LogP contribution in [-0.2, 0) is 19.4 Å². The number of rotatable bonds is 6. The largest absolute Gasteiger partial charge is 0.396 e. The van der Waals surface area contributed by atoms with E-state index < -0.39 is 0 Å². The summed E-state index contributed by atoms with van der Waals surface area (Å²) in [6, 6.07) is 0. The van der Waals surface area contributed by atoms with Crippen molar-refractivity contribution in [3.63, 3.8) is 0 Å². The van der Waals surface area contributed by atoms with E-state index in [0.717, 1.165) is 19.4 Å². The molecule has 0 fully saturated rings. The van der Waals surface area contributed by atoms with Crippen molar-refractivity contribution in [3.8, 4) is 0 Å². The molecule has 0 aliphatic heterocycles. The minimum Gasteiger partial charge on any atom is -0.396 e. The SMILES string of the molecule is Cc1nc2c(n1CCCCCCO)CCCC2. The lowest BCUT2D eigenvalue weighted by atomic mass is 10.0. The average Bonchev–Trinajstić information content (AvgIpc) is 2.65. The van der Waals surface area contributed by atoms with Gasteiger partial charge in [0.15, 0.2) is 0 Å². The molecular formula is C14H24N2O. The molecule has 96 valence electrons. The minimum atomic E-state index is 0.333. The van der Waals surface area contributed by atoms with Gasteiger partial charge in [0.25, 0.3) is 0 Å². The molecule has 0 saturated carbocycles. The van der Waals surface area contributed by atoms with Crippen LogP contribution in [0, 0.1) is 6.92 Å². The third-order valence-corrected chi connectivity index (χ3v) is 3.71. The van der Waals surface area contributed by atoms with E-state index in [0.29, 0.717) is 6.61 Å². The van der Waals surface area contributed by atoms with Crippen LogP contribution >= 0.6 is 0 Å². The molecular weight excluding hydrogens is 212 g/mol. The number of aromatic nitrogens is 2. The molecule has 1 aliphatic carbocycles. The molecule has 1 N–H and O–H groups in total. The van der Waals surface area contributed by atoms with Crippen molar-refractivity contribution in [1.82, 2.24) is 9.55 Å². The second-order valence-electron chi connectivity index (χ2n) is 5.05. The number of fused-ring (bicyclic) bond motifs is 1. The number of hydrogen-bond acceptors (Lipinski definition) is 2. The third-order valence-electron chi connectivity index (χ3n) is 3.71. The van der Waals surface area contributed by atoms with Gasteiger partial charge in [0.05, 0.1) is 5.69 Å². The molecule has 0 saturated heterocycles. The van der Waals surface area contributed by atoms with Crippen LogP contribution in [0.25, 0.3) is 0 Å². The molecule has 1 aromatic heterocycles. The first-order chi connectivity index (χ1) is 8.33. The molecule has 1 heterocycles. The predicted octanol–water partition coefficient (Wildman–Crippen LogP) is 2.62. The van der Waals surface area contributed by atoms with E-state index in [1.54, 1.807) is 0 Å². The fourth-order valence-electron chi connectivity index (χ4n) is 2.77. The Bertz CT molecular complexity index is 357. The summed E-state index contributed by atoms with van der Waals surface area (Å²) in [5.74, 6) is 1.19. The molecule has 0 atom stereocenters. The van der Waals surface area contributed by atoms with Gasteiger partial charge in [-0.2, -0.15) is 0 Å². The zero-order valence-electron chi connectivity index (χ0n) is 10.9. The monoisotopic (exact) mass is 236 g/mol. The van der Waals surface area contributed by atoms with Crippen LogP contribution in [0.5, 0.6) is 0 Å². The Balaban J connectivity index is 1.89. The molecule has 0 amide bonds. The molecule has 0 aromatic carbocycles. The number of aliphatic hydroxyl groups is 1. The lowest BCUT2D eigenvalue weighted by Crippen LogP contribution is -2.09. The number of aryl methyl sites for hydroxylation is 2. The summed E-state index contributed by atoms with van der Waals surface area (Å²) in [5.41, 5.74) is 2.85. The summed E-state index contributed by atoms with van der Waals surface area (Å²) in [7, 11) is 0. The van der Waals surface area contributed by atoms with Gasteiger partial charge in [-0.1, -0.05) is 12.8 Å². The van der Waals surface area contributed by atoms with Gasteiger partial charge in [0.2, 0.25) is 0 Å². The van der Waals surface area contributed by atoms with E-state index in [4.69, 9.17) is 5.11 Å². The van der Waals surface area contributed by atoms with E-state index in [-0.39, 0.29) is 0 Å². The molecule has 17 heavy (non-hydrogen) atoms. The first-order valence-electron chi connectivity index (χ1n) is 6.98. The molecule has 1 aromatic rings.